The third kappa shape index (κ3) is 1.95. The quantitative estimate of drug-likeness (QED) is 0.825. The molecule has 1 aromatic carbocycles. The van der Waals surface area contributed by atoms with Crippen molar-refractivity contribution in [3.05, 3.63) is 23.8 Å². The van der Waals surface area contributed by atoms with Gasteiger partial charge in [-0.25, -0.2) is 4.79 Å². The molecular weight excluding hydrogens is 216 g/mol. The van der Waals surface area contributed by atoms with Crippen molar-refractivity contribution in [2.24, 2.45) is 0 Å². The minimum absolute atomic E-state index is 0.00111. The number of rotatable bonds is 2. The Hall–Kier alpha value is -1.71. The Balaban J connectivity index is 2.51. The first-order valence-electron chi connectivity index (χ1n) is 5.84. The largest absolute Gasteiger partial charge is 0.478 e. The minimum atomic E-state index is -0.882. The summed E-state index contributed by atoms with van der Waals surface area (Å²) in [4.78, 5) is 13.2. The molecule has 0 aliphatic carbocycles. The lowest BCUT2D eigenvalue weighted by atomic mass is 9.97. The fraction of sp³-hybridized carbons (Fsp3) is 0.462. The molecule has 4 heteroatoms. The van der Waals surface area contributed by atoms with Gasteiger partial charge in [0, 0.05) is 13.1 Å². The maximum Gasteiger partial charge on any atom is 0.335 e. The molecule has 0 saturated carbocycles. The van der Waals surface area contributed by atoms with Crippen LogP contribution in [0.25, 0.3) is 0 Å². The van der Waals surface area contributed by atoms with Crippen LogP contribution in [0, 0.1) is 0 Å². The number of benzene rings is 1. The van der Waals surface area contributed by atoms with Crippen LogP contribution in [0.5, 0.6) is 0 Å². The van der Waals surface area contributed by atoms with Crippen LogP contribution in [-0.4, -0.2) is 29.7 Å². The molecule has 1 aromatic rings. The summed E-state index contributed by atoms with van der Waals surface area (Å²) < 4.78 is 0. The second-order valence-electron chi connectivity index (χ2n) is 4.95. The van der Waals surface area contributed by atoms with Crippen LogP contribution in [-0.2, 0) is 0 Å². The van der Waals surface area contributed by atoms with Crippen molar-refractivity contribution < 1.29 is 9.90 Å². The van der Waals surface area contributed by atoms with Crippen molar-refractivity contribution in [1.29, 1.82) is 0 Å². The molecule has 1 aliphatic heterocycles. The Morgan fingerprint density at radius 3 is 2.82 bits per heavy atom. The van der Waals surface area contributed by atoms with E-state index in [2.05, 4.69) is 31.0 Å². The maximum atomic E-state index is 11.0. The fourth-order valence-corrected chi connectivity index (χ4v) is 2.37. The second-order valence-corrected chi connectivity index (χ2v) is 4.95. The van der Waals surface area contributed by atoms with E-state index >= 15 is 0 Å². The first-order chi connectivity index (χ1) is 7.95. The molecular formula is C13H18N2O2. The lowest BCUT2D eigenvalue weighted by Crippen LogP contribution is -2.52. The predicted octanol–water partition coefficient (Wildman–Crippen LogP) is 2.42. The zero-order chi connectivity index (χ0) is 12.6. The van der Waals surface area contributed by atoms with Gasteiger partial charge in [0.15, 0.2) is 0 Å². The number of carbonyl (C=O) groups is 1. The average Bonchev–Trinajstić information content (AvgIpc) is 2.27. The van der Waals surface area contributed by atoms with Gasteiger partial charge >= 0.3 is 5.97 Å². The molecule has 1 heterocycles. The van der Waals surface area contributed by atoms with E-state index in [1.807, 2.05) is 6.07 Å². The Bertz CT molecular complexity index is 455. The van der Waals surface area contributed by atoms with Crippen molar-refractivity contribution in [1.82, 2.24) is 0 Å². The summed E-state index contributed by atoms with van der Waals surface area (Å²) >= 11 is 0. The van der Waals surface area contributed by atoms with E-state index in [1.54, 1.807) is 12.1 Å². The van der Waals surface area contributed by atoms with Crippen molar-refractivity contribution in [2.45, 2.75) is 26.3 Å². The van der Waals surface area contributed by atoms with E-state index in [0.717, 1.165) is 24.5 Å². The Kier molecular flexibility index (Phi) is 2.73. The molecule has 0 radical (unpaired) electrons. The average molecular weight is 234 g/mol. The summed E-state index contributed by atoms with van der Waals surface area (Å²) in [6.45, 7) is 8.12. The molecule has 0 saturated heterocycles. The number of likely N-dealkylation sites (N-methyl/N-ethyl adjacent to an activating group) is 1. The van der Waals surface area contributed by atoms with Crippen LogP contribution in [0.1, 0.15) is 31.1 Å². The number of carboxylic acid groups (broad SMARTS) is 1. The Morgan fingerprint density at radius 1 is 1.53 bits per heavy atom. The van der Waals surface area contributed by atoms with Crippen LogP contribution >= 0.6 is 0 Å². The Morgan fingerprint density at radius 2 is 2.24 bits per heavy atom. The number of hydrogen-bond acceptors (Lipinski definition) is 3. The second kappa shape index (κ2) is 3.95. The van der Waals surface area contributed by atoms with Gasteiger partial charge in [-0.3, -0.25) is 0 Å². The van der Waals surface area contributed by atoms with Crippen molar-refractivity contribution in [3.8, 4) is 0 Å². The molecule has 1 aliphatic rings. The van der Waals surface area contributed by atoms with E-state index in [9.17, 15) is 4.79 Å². The minimum Gasteiger partial charge on any atom is -0.478 e. The predicted molar refractivity (Wildman–Crippen MR) is 69.0 cm³/mol. The highest BCUT2D eigenvalue weighted by Gasteiger charge is 2.31. The molecule has 4 nitrogen and oxygen atoms in total. The van der Waals surface area contributed by atoms with Crippen molar-refractivity contribution in [3.63, 3.8) is 0 Å². The molecule has 0 fully saturated rings. The maximum absolute atomic E-state index is 11.0. The number of anilines is 2. The number of nitrogens with one attached hydrogen (secondary N) is 1. The van der Waals surface area contributed by atoms with E-state index in [1.165, 1.54) is 0 Å². The highest BCUT2D eigenvalue weighted by Crippen LogP contribution is 2.36. The van der Waals surface area contributed by atoms with Gasteiger partial charge in [-0.1, -0.05) is 0 Å². The molecule has 17 heavy (non-hydrogen) atoms. The summed E-state index contributed by atoms with van der Waals surface area (Å²) in [6.07, 6.45) is 0. The lowest BCUT2D eigenvalue weighted by molar-refractivity contribution is 0.0697. The zero-order valence-corrected chi connectivity index (χ0v) is 10.4. The molecule has 0 atom stereocenters. The first-order valence-corrected chi connectivity index (χ1v) is 5.84. The van der Waals surface area contributed by atoms with E-state index in [4.69, 9.17) is 5.11 Å². The van der Waals surface area contributed by atoms with Gasteiger partial charge < -0.3 is 15.3 Å². The molecule has 92 valence electrons. The summed E-state index contributed by atoms with van der Waals surface area (Å²) in [5, 5.41) is 12.4. The van der Waals surface area contributed by atoms with Gasteiger partial charge in [0.25, 0.3) is 0 Å². The molecule has 0 bridgehead atoms. The number of hydrogen-bond donors (Lipinski definition) is 2. The van der Waals surface area contributed by atoms with Gasteiger partial charge in [0.1, 0.15) is 0 Å². The Labute approximate surface area is 101 Å². The van der Waals surface area contributed by atoms with Gasteiger partial charge in [0.2, 0.25) is 0 Å². The summed E-state index contributed by atoms with van der Waals surface area (Å²) in [7, 11) is 0. The van der Waals surface area contributed by atoms with E-state index in [-0.39, 0.29) is 5.54 Å². The molecule has 0 unspecified atom stereocenters. The van der Waals surface area contributed by atoms with Crippen molar-refractivity contribution in [2.75, 3.05) is 23.3 Å². The SMILES string of the molecule is CCN1c2cc(C(=O)O)ccc2NCC1(C)C. The number of carboxylic acids is 1. The third-order valence-electron chi connectivity index (χ3n) is 3.29. The molecule has 0 spiro atoms. The normalized spacial score (nSPS) is 17.2. The summed E-state index contributed by atoms with van der Waals surface area (Å²) in [5.74, 6) is -0.882. The van der Waals surface area contributed by atoms with Crippen LogP contribution in [0.3, 0.4) is 0 Å². The topological polar surface area (TPSA) is 52.6 Å². The summed E-state index contributed by atoms with van der Waals surface area (Å²) in [6, 6.07) is 5.23. The van der Waals surface area contributed by atoms with Crippen molar-refractivity contribution >= 4 is 17.3 Å². The highest BCUT2D eigenvalue weighted by atomic mass is 16.4. The van der Waals surface area contributed by atoms with Crippen LogP contribution < -0.4 is 10.2 Å². The van der Waals surface area contributed by atoms with Crippen LogP contribution in [0.4, 0.5) is 11.4 Å². The fourth-order valence-electron chi connectivity index (χ4n) is 2.37. The highest BCUT2D eigenvalue weighted by molar-refractivity contribution is 5.91. The van der Waals surface area contributed by atoms with Crippen LogP contribution in [0.2, 0.25) is 0 Å². The third-order valence-corrected chi connectivity index (χ3v) is 3.29. The van der Waals surface area contributed by atoms with Gasteiger partial charge in [-0.05, 0) is 39.0 Å². The molecule has 0 amide bonds. The molecule has 0 aromatic heterocycles. The standard InChI is InChI=1S/C13H18N2O2/c1-4-15-11-7-9(12(16)17)5-6-10(11)14-8-13(15,2)3/h5-7,14H,4,8H2,1-3H3,(H,16,17). The number of nitrogens with zero attached hydrogens (tertiary/aromatic N) is 1. The monoisotopic (exact) mass is 234 g/mol. The first kappa shape index (κ1) is 11.8. The zero-order valence-electron chi connectivity index (χ0n) is 10.4. The van der Waals surface area contributed by atoms with Crippen LogP contribution in [0.15, 0.2) is 18.2 Å². The van der Waals surface area contributed by atoms with Gasteiger partial charge in [0.05, 0.1) is 22.5 Å². The number of aromatic carboxylic acids is 1. The number of fused-ring (bicyclic) bond motifs is 1. The molecule has 2 rings (SSSR count). The lowest BCUT2D eigenvalue weighted by Gasteiger charge is -2.45. The smallest absolute Gasteiger partial charge is 0.335 e. The summed E-state index contributed by atoms with van der Waals surface area (Å²) in [5.41, 5.74) is 2.32. The van der Waals surface area contributed by atoms with E-state index in [0.29, 0.717) is 5.56 Å². The van der Waals surface area contributed by atoms with E-state index < -0.39 is 5.97 Å². The molecule has 2 N–H and O–H groups in total. The van der Waals surface area contributed by atoms with Gasteiger partial charge in [-0.2, -0.15) is 0 Å². The van der Waals surface area contributed by atoms with Gasteiger partial charge in [-0.15, -0.1) is 0 Å².